The summed E-state index contributed by atoms with van der Waals surface area (Å²) >= 11 is 0. The highest BCUT2D eigenvalue weighted by molar-refractivity contribution is 5.73. The van der Waals surface area contributed by atoms with Crippen LogP contribution in [0.3, 0.4) is 0 Å². The van der Waals surface area contributed by atoms with E-state index < -0.39 is 11.6 Å². The third-order valence-corrected chi connectivity index (χ3v) is 3.15. The van der Waals surface area contributed by atoms with Crippen LogP contribution in [0.2, 0.25) is 0 Å². The number of hydrogen-bond donors (Lipinski definition) is 0. The summed E-state index contributed by atoms with van der Waals surface area (Å²) < 4.78 is 26.1. The van der Waals surface area contributed by atoms with E-state index in [1.807, 2.05) is 0 Å². The molecule has 2 rings (SSSR count). The topological polar surface area (TPSA) is 23.6 Å². The lowest BCUT2D eigenvalue weighted by atomic mass is 10.2. The Kier molecular flexibility index (Phi) is 3.91. The first-order valence-electron chi connectivity index (χ1n) is 5.97. The van der Waals surface area contributed by atoms with Crippen molar-refractivity contribution in [2.24, 2.45) is 0 Å². The predicted octanol–water partition coefficient (Wildman–Crippen LogP) is 1.63. The minimum Gasteiger partial charge on any atom is -0.340 e. The minimum absolute atomic E-state index is 0.0754. The molecular formula is C13H16F2N2O. The van der Waals surface area contributed by atoms with E-state index >= 15 is 0 Å². The highest BCUT2D eigenvalue weighted by Crippen LogP contribution is 2.12. The summed E-state index contributed by atoms with van der Waals surface area (Å²) in [6.07, 6.45) is 0. The molecule has 0 unspecified atom stereocenters. The molecule has 0 saturated carbocycles. The van der Waals surface area contributed by atoms with Gasteiger partial charge in [0.15, 0.2) is 0 Å². The fourth-order valence-corrected chi connectivity index (χ4v) is 2.18. The van der Waals surface area contributed by atoms with Gasteiger partial charge in [-0.15, -0.1) is 0 Å². The Hall–Kier alpha value is -1.49. The SMILES string of the molecule is CC(=O)N1CCN(Cc2cc(F)cc(F)c2)CC1. The molecule has 0 atom stereocenters. The summed E-state index contributed by atoms with van der Waals surface area (Å²) in [5.41, 5.74) is 0.628. The van der Waals surface area contributed by atoms with Crippen molar-refractivity contribution in [2.75, 3.05) is 26.2 Å². The molecule has 0 bridgehead atoms. The molecule has 3 nitrogen and oxygen atoms in total. The monoisotopic (exact) mass is 254 g/mol. The minimum atomic E-state index is -0.549. The molecule has 1 aromatic carbocycles. The molecule has 1 fully saturated rings. The van der Waals surface area contributed by atoms with E-state index in [0.717, 1.165) is 19.2 Å². The summed E-state index contributed by atoms with van der Waals surface area (Å²) in [4.78, 5) is 15.0. The van der Waals surface area contributed by atoms with Crippen LogP contribution in [0.25, 0.3) is 0 Å². The molecule has 0 spiro atoms. The van der Waals surface area contributed by atoms with Gasteiger partial charge in [-0.1, -0.05) is 0 Å². The Bertz CT molecular complexity index is 422. The number of amides is 1. The number of carbonyl (C=O) groups is 1. The molecule has 0 aromatic heterocycles. The number of piperazine rings is 1. The fourth-order valence-electron chi connectivity index (χ4n) is 2.18. The molecule has 1 amide bonds. The molecule has 1 aliphatic heterocycles. The number of benzene rings is 1. The van der Waals surface area contributed by atoms with Crippen molar-refractivity contribution in [2.45, 2.75) is 13.5 Å². The second-order valence-electron chi connectivity index (χ2n) is 4.56. The van der Waals surface area contributed by atoms with Crippen molar-refractivity contribution in [1.82, 2.24) is 9.80 Å². The van der Waals surface area contributed by atoms with Crippen LogP contribution in [0.15, 0.2) is 18.2 Å². The number of halogens is 2. The van der Waals surface area contributed by atoms with Crippen LogP contribution in [-0.4, -0.2) is 41.9 Å². The third-order valence-electron chi connectivity index (χ3n) is 3.15. The van der Waals surface area contributed by atoms with Crippen LogP contribution in [0.5, 0.6) is 0 Å². The lowest BCUT2D eigenvalue weighted by Crippen LogP contribution is -2.47. The first kappa shape index (κ1) is 13.0. The average molecular weight is 254 g/mol. The Morgan fingerprint density at radius 1 is 1.11 bits per heavy atom. The van der Waals surface area contributed by atoms with Crippen LogP contribution < -0.4 is 0 Å². The van der Waals surface area contributed by atoms with Crippen LogP contribution >= 0.6 is 0 Å². The van der Waals surface area contributed by atoms with E-state index in [0.29, 0.717) is 25.2 Å². The van der Waals surface area contributed by atoms with Gasteiger partial charge in [0.05, 0.1) is 0 Å². The van der Waals surface area contributed by atoms with E-state index in [1.54, 1.807) is 11.8 Å². The number of carbonyl (C=O) groups excluding carboxylic acids is 1. The van der Waals surface area contributed by atoms with Crippen molar-refractivity contribution < 1.29 is 13.6 Å². The zero-order valence-corrected chi connectivity index (χ0v) is 10.3. The number of rotatable bonds is 2. The van der Waals surface area contributed by atoms with Crippen LogP contribution in [-0.2, 0) is 11.3 Å². The summed E-state index contributed by atoms with van der Waals surface area (Å²) in [6, 6.07) is 3.57. The third kappa shape index (κ3) is 3.26. The van der Waals surface area contributed by atoms with Crippen molar-refractivity contribution in [1.29, 1.82) is 0 Å². The maximum atomic E-state index is 13.0. The molecule has 0 N–H and O–H groups in total. The van der Waals surface area contributed by atoms with E-state index in [4.69, 9.17) is 0 Å². The summed E-state index contributed by atoms with van der Waals surface area (Å²) in [5, 5.41) is 0. The number of nitrogens with zero attached hydrogens (tertiary/aromatic N) is 2. The molecule has 1 aliphatic rings. The maximum Gasteiger partial charge on any atom is 0.219 e. The zero-order chi connectivity index (χ0) is 13.1. The van der Waals surface area contributed by atoms with Gasteiger partial charge in [0.1, 0.15) is 11.6 Å². The quantitative estimate of drug-likeness (QED) is 0.801. The van der Waals surface area contributed by atoms with Crippen molar-refractivity contribution in [3.63, 3.8) is 0 Å². The van der Waals surface area contributed by atoms with E-state index in [1.165, 1.54) is 12.1 Å². The molecular weight excluding hydrogens is 238 g/mol. The Morgan fingerprint density at radius 2 is 1.67 bits per heavy atom. The number of hydrogen-bond acceptors (Lipinski definition) is 2. The van der Waals surface area contributed by atoms with Gasteiger partial charge in [-0.05, 0) is 17.7 Å². The van der Waals surface area contributed by atoms with Gasteiger partial charge in [-0.25, -0.2) is 8.78 Å². The second-order valence-corrected chi connectivity index (χ2v) is 4.56. The van der Waals surface area contributed by atoms with Crippen LogP contribution in [0.4, 0.5) is 8.78 Å². The summed E-state index contributed by atoms with van der Waals surface area (Å²) in [5.74, 6) is -1.02. The standard InChI is InChI=1S/C13H16F2N2O/c1-10(18)17-4-2-16(3-5-17)9-11-6-12(14)8-13(15)7-11/h6-8H,2-5,9H2,1H3. The molecule has 98 valence electrons. The first-order chi connectivity index (χ1) is 8.54. The predicted molar refractivity (Wildman–Crippen MR) is 63.9 cm³/mol. The maximum absolute atomic E-state index is 13.0. The second kappa shape index (κ2) is 5.44. The lowest BCUT2D eigenvalue weighted by molar-refractivity contribution is -0.130. The largest absolute Gasteiger partial charge is 0.340 e. The van der Waals surface area contributed by atoms with Gasteiger partial charge < -0.3 is 4.90 Å². The highest BCUT2D eigenvalue weighted by atomic mass is 19.1. The normalized spacial score (nSPS) is 16.9. The van der Waals surface area contributed by atoms with E-state index in [2.05, 4.69) is 4.90 Å². The molecule has 0 aliphatic carbocycles. The molecule has 18 heavy (non-hydrogen) atoms. The fraction of sp³-hybridized carbons (Fsp3) is 0.462. The van der Waals surface area contributed by atoms with Crippen molar-refractivity contribution in [3.05, 3.63) is 35.4 Å². The molecule has 1 aromatic rings. The van der Waals surface area contributed by atoms with Gasteiger partial charge >= 0.3 is 0 Å². The summed E-state index contributed by atoms with van der Waals surface area (Å²) in [6.45, 7) is 4.88. The summed E-state index contributed by atoms with van der Waals surface area (Å²) in [7, 11) is 0. The molecule has 0 radical (unpaired) electrons. The van der Waals surface area contributed by atoms with Crippen LogP contribution in [0, 0.1) is 11.6 Å². The molecule has 1 saturated heterocycles. The first-order valence-corrected chi connectivity index (χ1v) is 5.97. The van der Waals surface area contributed by atoms with E-state index in [-0.39, 0.29) is 5.91 Å². The highest BCUT2D eigenvalue weighted by Gasteiger charge is 2.18. The van der Waals surface area contributed by atoms with Gasteiger partial charge in [0, 0.05) is 45.7 Å². The van der Waals surface area contributed by atoms with Gasteiger partial charge in [-0.3, -0.25) is 9.69 Å². The Balaban J connectivity index is 1.93. The molecule has 5 heteroatoms. The van der Waals surface area contributed by atoms with Gasteiger partial charge in [-0.2, -0.15) is 0 Å². The van der Waals surface area contributed by atoms with E-state index in [9.17, 15) is 13.6 Å². The average Bonchev–Trinajstić information content (AvgIpc) is 2.28. The lowest BCUT2D eigenvalue weighted by Gasteiger charge is -2.34. The van der Waals surface area contributed by atoms with Crippen LogP contribution in [0.1, 0.15) is 12.5 Å². The van der Waals surface area contributed by atoms with Gasteiger partial charge in [0.2, 0.25) is 5.91 Å². The Morgan fingerprint density at radius 3 is 2.17 bits per heavy atom. The van der Waals surface area contributed by atoms with Crippen molar-refractivity contribution in [3.8, 4) is 0 Å². The van der Waals surface area contributed by atoms with Gasteiger partial charge in [0.25, 0.3) is 0 Å². The van der Waals surface area contributed by atoms with Crippen molar-refractivity contribution >= 4 is 5.91 Å². The smallest absolute Gasteiger partial charge is 0.219 e. The molecule has 1 heterocycles. The Labute approximate surface area is 105 Å². The zero-order valence-electron chi connectivity index (χ0n) is 10.3.